The lowest BCUT2D eigenvalue weighted by molar-refractivity contribution is 0.264. The highest BCUT2D eigenvalue weighted by Gasteiger charge is 2.15. The number of aromatic amines is 1. The number of hydrogen-bond acceptors (Lipinski definition) is 6. The summed E-state index contributed by atoms with van der Waals surface area (Å²) in [7, 11) is 3.11. The van der Waals surface area contributed by atoms with Gasteiger partial charge in [0.15, 0.2) is 16.6 Å². The van der Waals surface area contributed by atoms with Crippen LogP contribution in [0.4, 0.5) is 0 Å². The SMILES string of the molecule is COc1cc2cc(CN(CCCO)C(=S)NCc3ccco3)c(=O)[nH]c2cc1OC. The number of rotatable bonds is 9. The van der Waals surface area contributed by atoms with E-state index in [-0.39, 0.29) is 12.2 Å². The molecule has 0 spiro atoms. The lowest BCUT2D eigenvalue weighted by atomic mass is 10.1. The zero-order valence-corrected chi connectivity index (χ0v) is 17.8. The van der Waals surface area contributed by atoms with Crippen LogP contribution in [0.2, 0.25) is 0 Å². The van der Waals surface area contributed by atoms with Crippen molar-refractivity contribution in [2.24, 2.45) is 0 Å². The van der Waals surface area contributed by atoms with Crippen molar-refractivity contribution in [3.05, 3.63) is 58.3 Å². The third kappa shape index (κ3) is 5.11. The monoisotopic (exact) mass is 431 g/mol. The number of H-pyrrole nitrogens is 1. The predicted molar refractivity (Wildman–Crippen MR) is 118 cm³/mol. The largest absolute Gasteiger partial charge is 0.493 e. The molecule has 0 radical (unpaired) electrons. The third-order valence-corrected chi connectivity index (χ3v) is 5.06. The summed E-state index contributed by atoms with van der Waals surface area (Å²) >= 11 is 5.52. The number of nitrogens with zero attached hydrogens (tertiary/aromatic N) is 1. The number of nitrogens with one attached hydrogen (secondary N) is 2. The van der Waals surface area contributed by atoms with E-state index in [0.29, 0.717) is 53.7 Å². The molecule has 3 N–H and O–H groups in total. The molecule has 160 valence electrons. The van der Waals surface area contributed by atoms with E-state index in [1.54, 1.807) is 26.5 Å². The predicted octanol–water partition coefficient (Wildman–Crippen LogP) is 2.40. The summed E-state index contributed by atoms with van der Waals surface area (Å²) in [4.78, 5) is 17.4. The van der Waals surface area contributed by atoms with Crippen LogP contribution in [0.3, 0.4) is 0 Å². The van der Waals surface area contributed by atoms with Crippen LogP contribution >= 0.6 is 12.2 Å². The first-order chi connectivity index (χ1) is 14.5. The second-order valence-electron chi connectivity index (χ2n) is 6.65. The molecule has 2 aromatic heterocycles. The van der Waals surface area contributed by atoms with Gasteiger partial charge in [0.2, 0.25) is 0 Å². The standard InChI is InChI=1S/C21H25N3O5S/c1-27-18-10-14-9-15(20(26)23-17(14)11-19(18)28-2)13-24(6-4-7-25)21(30)22-12-16-5-3-8-29-16/h3,5,8-11,25H,4,6-7,12-13H2,1-2H3,(H,22,30)(H,23,26). The van der Waals surface area contributed by atoms with Crippen molar-refractivity contribution < 1.29 is 19.0 Å². The van der Waals surface area contributed by atoms with E-state index >= 15 is 0 Å². The molecule has 0 unspecified atom stereocenters. The van der Waals surface area contributed by atoms with E-state index in [0.717, 1.165) is 11.1 Å². The molecule has 0 atom stereocenters. The lowest BCUT2D eigenvalue weighted by Gasteiger charge is -2.25. The number of aromatic nitrogens is 1. The molecule has 9 heteroatoms. The Bertz CT molecular complexity index is 1050. The summed E-state index contributed by atoms with van der Waals surface area (Å²) in [5.41, 5.74) is 0.995. The Kier molecular flexibility index (Phi) is 7.31. The highest BCUT2D eigenvalue weighted by atomic mass is 32.1. The zero-order valence-electron chi connectivity index (χ0n) is 16.9. The zero-order chi connectivity index (χ0) is 21.5. The summed E-state index contributed by atoms with van der Waals surface area (Å²) < 4.78 is 16.0. The second-order valence-corrected chi connectivity index (χ2v) is 7.04. The molecule has 0 bridgehead atoms. The number of benzene rings is 1. The molecule has 0 aliphatic rings. The van der Waals surface area contributed by atoms with Crippen molar-refractivity contribution >= 4 is 28.2 Å². The van der Waals surface area contributed by atoms with Gasteiger partial charge in [0.05, 0.1) is 39.1 Å². The molecule has 0 amide bonds. The molecular weight excluding hydrogens is 406 g/mol. The Balaban J connectivity index is 1.84. The molecule has 3 aromatic rings. The van der Waals surface area contributed by atoms with Gasteiger partial charge in [0.25, 0.3) is 5.56 Å². The first-order valence-electron chi connectivity index (χ1n) is 9.49. The van der Waals surface area contributed by atoms with E-state index in [4.69, 9.17) is 26.1 Å². The maximum atomic E-state index is 12.7. The van der Waals surface area contributed by atoms with Crippen LogP contribution in [0.25, 0.3) is 10.9 Å². The van der Waals surface area contributed by atoms with Crippen LogP contribution in [0.15, 0.2) is 45.8 Å². The minimum Gasteiger partial charge on any atom is -0.493 e. The van der Waals surface area contributed by atoms with Gasteiger partial charge in [-0.25, -0.2) is 0 Å². The fourth-order valence-corrected chi connectivity index (χ4v) is 3.33. The summed E-state index contributed by atoms with van der Waals surface area (Å²) in [6, 6.07) is 9.03. The Hall–Kier alpha value is -3.04. The molecule has 0 fully saturated rings. The summed E-state index contributed by atoms with van der Waals surface area (Å²) in [5, 5.41) is 13.7. The first-order valence-corrected chi connectivity index (χ1v) is 9.90. The number of hydrogen-bond donors (Lipinski definition) is 3. The summed E-state index contributed by atoms with van der Waals surface area (Å²) in [6.07, 6.45) is 2.13. The van der Waals surface area contributed by atoms with Crippen molar-refractivity contribution in [1.29, 1.82) is 0 Å². The highest BCUT2D eigenvalue weighted by molar-refractivity contribution is 7.80. The maximum absolute atomic E-state index is 12.7. The van der Waals surface area contributed by atoms with Gasteiger partial charge in [0, 0.05) is 30.2 Å². The van der Waals surface area contributed by atoms with Gasteiger partial charge in [0.1, 0.15) is 5.76 Å². The maximum Gasteiger partial charge on any atom is 0.253 e. The fourth-order valence-electron chi connectivity index (χ4n) is 3.10. The summed E-state index contributed by atoms with van der Waals surface area (Å²) in [6.45, 7) is 1.27. The number of fused-ring (bicyclic) bond motifs is 1. The van der Waals surface area contributed by atoms with Gasteiger partial charge in [-0.3, -0.25) is 4.79 Å². The Morgan fingerprint density at radius 1 is 1.27 bits per heavy atom. The van der Waals surface area contributed by atoms with Gasteiger partial charge >= 0.3 is 0 Å². The van der Waals surface area contributed by atoms with E-state index in [1.165, 1.54) is 0 Å². The summed E-state index contributed by atoms with van der Waals surface area (Å²) in [5.74, 6) is 1.88. The molecule has 3 rings (SSSR count). The molecule has 2 heterocycles. The topological polar surface area (TPSA) is 100.0 Å². The second kappa shape index (κ2) is 10.1. The smallest absolute Gasteiger partial charge is 0.253 e. The molecule has 0 aliphatic heterocycles. The average molecular weight is 432 g/mol. The fraction of sp³-hybridized carbons (Fsp3) is 0.333. The van der Waals surface area contributed by atoms with E-state index in [2.05, 4.69) is 10.3 Å². The van der Waals surface area contributed by atoms with Crippen molar-refractivity contribution in [2.75, 3.05) is 27.4 Å². The molecule has 0 saturated heterocycles. The molecule has 0 saturated carbocycles. The van der Waals surface area contributed by atoms with Crippen LogP contribution in [0, 0.1) is 0 Å². The Morgan fingerprint density at radius 2 is 2.03 bits per heavy atom. The first kappa shape index (κ1) is 21.7. The number of aliphatic hydroxyl groups is 1. The van der Waals surface area contributed by atoms with Gasteiger partial charge < -0.3 is 34.2 Å². The number of thiocarbonyl (C=S) groups is 1. The van der Waals surface area contributed by atoms with Crippen LogP contribution in [-0.2, 0) is 13.1 Å². The molecular formula is C21H25N3O5S. The van der Waals surface area contributed by atoms with Gasteiger partial charge in [-0.05, 0) is 42.9 Å². The number of methoxy groups -OCH3 is 2. The third-order valence-electron chi connectivity index (χ3n) is 4.65. The lowest BCUT2D eigenvalue weighted by Crippen LogP contribution is -2.40. The van der Waals surface area contributed by atoms with Crippen LogP contribution in [0.5, 0.6) is 11.5 Å². The highest BCUT2D eigenvalue weighted by Crippen LogP contribution is 2.31. The van der Waals surface area contributed by atoms with Crippen molar-refractivity contribution in [3.8, 4) is 11.5 Å². The van der Waals surface area contributed by atoms with Gasteiger partial charge in [-0.2, -0.15) is 0 Å². The molecule has 8 nitrogen and oxygen atoms in total. The molecule has 0 aliphatic carbocycles. The van der Waals surface area contributed by atoms with E-state index < -0.39 is 0 Å². The number of pyridine rings is 1. The normalized spacial score (nSPS) is 10.8. The minimum atomic E-state index is -0.211. The number of aliphatic hydroxyl groups excluding tert-OH is 1. The number of furan rings is 1. The van der Waals surface area contributed by atoms with Crippen LogP contribution in [-0.4, -0.2) is 47.5 Å². The van der Waals surface area contributed by atoms with Gasteiger partial charge in [-0.1, -0.05) is 0 Å². The quantitative estimate of drug-likeness (QED) is 0.444. The van der Waals surface area contributed by atoms with Crippen molar-refractivity contribution in [1.82, 2.24) is 15.2 Å². The Morgan fingerprint density at radius 3 is 2.70 bits per heavy atom. The van der Waals surface area contributed by atoms with Crippen LogP contribution < -0.4 is 20.3 Å². The molecule has 30 heavy (non-hydrogen) atoms. The van der Waals surface area contributed by atoms with E-state index in [9.17, 15) is 9.90 Å². The molecule has 1 aromatic carbocycles. The van der Waals surface area contributed by atoms with Crippen molar-refractivity contribution in [2.45, 2.75) is 19.5 Å². The number of ether oxygens (including phenoxy) is 2. The minimum absolute atomic E-state index is 0.0301. The van der Waals surface area contributed by atoms with E-state index in [1.807, 2.05) is 29.2 Å². The van der Waals surface area contributed by atoms with Crippen molar-refractivity contribution in [3.63, 3.8) is 0 Å². The Labute approximate surface area is 179 Å². The average Bonchev–Trinajstić information content (AvgIpc) is 3.28. The van der Waals surface area contributed by atoms with Crippen LogP contribution in [0.1, 0.15) is 17.7 Å². The van der Waals surface area contributed by atoms with Gasteiger partial charge in [-0.15, -0.1) is 0 Å².